The lowest BCUT2D eigenvalue weighted by atomic mass is 9.89. The lowest BCUT2D eigenvalue weighted by molar-refractivity contribution is -0.0288. The number of hydrogen-bond acceptors (Lipinski definition) is 6. The standard InChI is InChI=1S/C17H23N5O3/c1-11-8-13(19-21(11)2)16(23)22-7-3-6-17(24,10-22)9-14-18-15(20-25-14)12-4-5-12/h8,12,24H,3-7,9-10H2,1-2H3. The number of β-amino-alcohol motifs (C(OH)–C–C–N with tert-alkyl or cyclic N) is 1. The van der Waals surface area contributed by atoms with Crippen LogP contribution in [0.15, 0.2) is 10.6 Å². The molecule has 2 fully saturated rings. The summed E-state index contributed by atoms with van der Waals surface area (Å²) in [5, 5.41) is 19.2. The predicted molar refractivity (Wildman–Crippen MR) is 88.0 cm³/mol. The molecule has 8 heteroatoms. The van der Waals surface area contributed by atoms with E-state index in [-0.39, 0.29) is 18.9 Å². The largest absolute Gasteiger partial charge is 0.388 e. The molecule has 2 aliphatic rings. The molecule has 1 N–H and O–H groups in total. The minimum absolute atomic E-state index is 0.147. The van der Waals surface area contributed by atoms with Gasteiger partial charge in [0.05, 0.1) is 18.6 Å². The maximum atomic E-state index is 12.7. The minimum atomic E-state index is -1.04. The van der Waals surface area contributed by atoms with E-state index in [0.717, 1.165) is 30.8 Å². The van der Waals surface area contributed by atoms with Crippen LogP contribution < -0.4 is 0 Å². The van der Waals surface area contributed by atoms with Gasteiger partial charge in [0.1, 0.15) is 0 Å². The molecule has 1 aliphatic heterocycles. The van der Waals surface area contributed by atoms with Crippen LogP contribution in [0.4, 0.5) is 0 Å². The highest BCUT2D eigenvalue weighted by Crippen LogP contribution is 2.38. The van der Waals surface area contributed by atoms with Gasteiger partial charge in [0.2, 0.25) is 5.89 Å². The van der Waals surface area contributed by atoms with Crippen molar-refractivity contribution in [2.75, 3.05) is 13.1 Å². The molecular weight excluding hydrogens is 322 g/mol. The number of amides is 1. The van der Waals surface area contributed by atoms with E-state index >= 15 is 0 Å². The number of aryl methyl sites for hydroxylation is 2. The molecule has 2 aromatic rings. The number of aliphatic hydroxyl groups is 1. The van der Waals surface area contributed by atoms with Crippen LogP contribution in [-0.4, -0.2) is 54.5 Å². The molecule has 1 unspecified atom stereocenters. The summed E-state index contributed by atoms with van der Waals surface area (Å²) < 4.78 is 6.97. The Hall–Kier alpha value is -2.22. The second-order valence-corrected chi connectivity index (χ2v) is 7.35. The van der Waals surface area contributed by atoms with E-state index in [4.69, 9.17) is 4.52 Å². The summed E-state index contributed by atoms with van der Waals surface area (Å²) in [6, 6.07) is 1.77. The maximum Gasteiger partial charge on any atom is 0.274 e. The highest BCUT2D eigenvalue weighted by Gasteiger charge is 2.38. The van der Waals surface area contributed by atoms with Crippen molar-refractivity contribution in [3.05, 3.63) is 29.2 Å². The topological polar surface area (TPSA) is 97.3 Å². The van der Waals surface area contributed by atoms with Gasteiger partial charge in [-0.2, -0.15) is 10.1 Å². The number of likely N-dealkylation sites (tertiary alicyclic amines) is 1. The number of nitrogens with zero attached hydrogens (tertiary/aromatic N) is 5. The quantitative estimate of drug-likeness (QED) is 0.894. The molecule has 1 saturated carbocycles. The van der Waals surface area contributed by atoms with Crippen molar-refractivity contribution in [3.8, 4) is 0 Å². The first-order valence-electron chi connectivity index (χ1n) is 8.78. The molecule has 1 atom stereocenters. The Balaban J connectivity index is 1.45. The molecule has 1 saturated heterocycles. The average Bonchev–Trinajstić information content (AvgIpc) is 3.24. The molecule has 3 heterocycles. The van der Waals surface area contributed by atoms with Gasteiger partial charge < -0.3 is 14.5 Å². The van der Waals surface area contributed by atoms with Crippen LogP contribution in [0.25, 0.3) is 0 Å². The Morgan fingerprint density at radius 2 is 2.28 bits per heavy atom. The maximum absolute atomic E-state index is 12.7. The summed E-state index contributed by atoms with van der Waals surface area (Å²) in [6.45, 7) is 2.78. The molecule has 1 aliphatic carbocycles. The third kappa shape index (κ3) is 3.30. The first-order valence-corrected chi connectivity index (χ1v) is 8.78. The molecule has 134 valence electrons. The van der Waals surface area contributed by atoms with Gasteiger partial charge in [-0.15, -0.1) is 0 Å². The van der Waals surface area contributed by atoms with Crippen LogP contribution in [-0.2, 0) is 13.5 Å². The van der Waals surface area contributed by atoms with E-state index < -0.39 is 5.60 Å². The van der Waals surface area contributed by atoms with E-state index in [1.807, 2.05) is 14.0 Å². The SMILES string of the molecule is Cc1cc(C(=O)N2CCCC(O)(Cc3nc(C4CC4)no3)C2)nn1C. The fourth-order valence-corrected chi connectivity index (χ4v) is 3.39. The molecule has 0 radical (unpaired) electrons. The summed E-state index contributed by atoms with van der Waals surface area (Å²) in [4.78, 5) is 18.8. The van der Waals surface area contributed by atoms with Crippen molar-refractivity contribution >= 4 is 5.91 Å². The summed E-state index contributed by atoms with van der Waals surface area (Å²) in [6.07, 6.45) is 3.83. The van der Waals surface area contributed by atoms with Crippen LogP contribution in [0.5, 0.6) is 0 Å². The Labute approximate surface area is 145 Å². The third-order valence-electron chi connectivity index (χ3n) is 5.08. The molecule has 0 bridgehead atoms. The van der Waals surface area contributed by atoms with E-state index in [9.17, 15) is 9.90 Å². The molecule has 2 aromatic heterocycles. The van der Waals surface area contributed by atoms with Crippen molar-refractivity contribution in [2.24, 2.45) is 7.05 Å². The first-order chi connectivity index (χ1) is 11.9. The van der Waals surface area contributed by atoms with Crippen molar-refractivity contribution in [1.82, 2.24) is 24.8 Å². The highest BCUT2D eigenvalue weighted by molar-refractivity contribution is 5.92. The molecule has 0 spiro atoms. The second-order valence-electron chi connectivity index (χ2n) is 7.35. The van der Waals surface area contributed by atoms with Crippen LogP contribution in [0.3, 0.4) is 0 Å². The Kier molecular flexibility index (Phi) is 3.87. The van der Waals surface area contributed by atoms with Crippen LogP contribution >= 0.6 is 0 Å². The van der Waals surface area contributed by atoms with Gasteiger partial charge in [-0.3, -0.25) is 9.48 Å². The zero-order chi connectivity index (χ0) is 17.6. The molecule has 0 aromatic carbocycles. The van der Waals surface area contributed by atoms with Crippen LogP contribution in [0.1, 0.15) is 59.5 Å². The van der Waals surface area contributed by atoms with E-state index in [1.54, 1.807) is 15.6 Å². The Bertz CT molecular complexity index is 775. The van der Waals surface area contributed by atoms with E-state index in [2.05, 4.69) is 15.2 Å². The monoisotopic (exact) mass is 345 g/mol. The van der Waals surface area contributed by atoms with Crippen molar-refractivity contribution in [2.45, 2.75) is 50.5 Å². The van der Waals surface area contributed by atoms with Gasteiger partial charge in [-0.25, -0.2) is 0 Å². The third-order valence-corrected chi connectivity index (χ3v) is 5.08. The van der Waals surface area contributed by atoms with Gasteiger partial charge in [0.25, 0.3) is 5.91 Å². The number of hydrogen-bond donors (Lipinski definition) is 1. The van der Waals surface area contributed by atoms with Crippen molar-refractivity contribution < 1.29 is 14.4 Å². The van der Waals surface area contributed by atoms with Gasteiger partial charge >= 0.3 is 0 Å². The van der Waals surface area contributed by atoms with E-state index in [0.29, 0.717) is 30.5 Å². The van der Waals surface area contributed by atoms with Gasteiger partial charge in [0, 0.05) is 25.2 Å². The summed E-state index contributed by atoms with van der Waals surface area (Å²) >= 11 is 0. The van der Waals surface area contributed by atoms with E-state index in [1.165, 1.54) is 0 Å². The Morgan fingerprint density at radius 3 is 2.96 bits per heavy atom. The predicted octanol–water partition coefficient (Wildman–Crippen LogP) is 1.20. The number of piperidine rings is 1. The molecule has 25 heavy (non-hydrogen) atoms. The fourth-order valence-electron chi connectivity index (χ4n) is 3.39. The number of carbonyl (C=O) groups excluding carboxylic acids is 1. The van der Waals surface area contributed by atoms with Gasteiger partial charge in [-0.1, -0.05) is 5.16 Å². The lowest BCUT2D eigenvalue weighted by Gasteiger charge is -2.38. The summed E-state index contributed by atoms with van der Waals surface area (Å²) in [5.41, 5.74) is 0.303. The average molecular weight is 345 g/mol. The lowest BCUT2D eigenvalue weighted by Crippen LogP contribution is -2.51. The second kappa shape index (κ2) is 5.94. The number of rotatable bonds is 4. The number of carbonyl (C=O) groups is 1. The Morgan fingerprint density at radius 1 is 1.48 bits per heavy atom. The minimum Gasteiger partial charge on any atom is -0.388 e. The summed E-state index contributed by atoms with van der Waals surface area (Å²) in [7, 11) is 1.81. The van der Waals surface area contributed by atoms with Crippen LogP contribution in [0.2, 0.25) is 0 Å². The van der Waals surface area contributed by atoms with Gasteiger partial charge in [0.15, 0.2) is 11.5 Å². The fraction of sp³-hybridized carbons (Fsp3) is 0.647. The smallest absolute Gasteiger partial charge is 0.274 e. The molecule has 1 amide bonds. The van der Waals surface area contributed by atoms with Crippen LogP contribution in [0, 0.1) is 6.92 Å². The normalized spacial score (nSPS) is 23.9. The highest BCUT2D eigenvalue weighted by atomic mass is 16.5. The summed E-state index contributed by atoms with van der Waals surface area (Å²) in [5.74, 6) is 1.47. The number of aromatic nitrogens is 4. The molecule has 4 rings (SSSR count). The first kappa shape index (κ1) is 16.3. The van der Waals surface area contributed by atoms with Crippen molar-refractivity contribution in [1.29, 1.82) is 0 Å². The van der Waals surface area contributed by atoms with Crippen molar-refractivity contribution in [3.63, 3.8) is 0 Å². The zero-order valence-corrected chi connectivity index (χ0v) is 14.6. The molecule has 8 nitrogen and oxygen atoms in total. The zero-order valence-electron chi connectivity index (χ0n) is 14.6. The molecular formula is C17H23N5O3. The van der Waals surface area contributed by atoms with Gasteiger partial charge in [-0.05, 0) is 38.7 Å².